The van der Waals surface area contributed by atoms with Gasteiger partial charge in [0.2, 0.25) is 5.91 Å². The summed E-state index contributed by atoms with van der Waals surface area (Å²) in [5.74, 6) is 0.193. The molecule has 1 saturated heterocycles. The van der Waals surface area contributed by atoms with E-state index in [2.05, 4.69) is 29.4 Å². The molecule has 2 amide bonds. The maximum Gasteiger partial charge on any atom is 0.261 e. The van der Waals surface area contributed by atoms with Gasteiger partial charge in [0.25, 0.3) is 5.91 Å². The summed E-state index contributed by atoms with van der Waals surface area (Å²) in [5.41, 5.74) is 0. The number of hydrogen-bond donors (Lipinski definition) is 2. The zero-order valence-electron chi connectivity index (χ0n) is 14.2. The molecule has 6 heteroatoms. The minimum absolute atomic E-state index is 0.114. The van der Waals surface area contributed by atoms with E-state index in [1.165, 1.54) is 17.8 Å². The second-order valence-electron chi connectivity index (χ2n) is 6.51. The number of rotatable bonds is 6. The number of piperidine rings is 1. The van der Waals surface area contributed by atoms with Crippen LogP contribution in [0.3, 0.4) is 0 Å². The first-order valence-corrected chi connectivity index (χ1v) is 9.21. The van der Waals surface area contributed by atoms with Crippen molar-refractivity contribution in [2.24, 2.45) is 5.92 Å². The van der Waals surface area contributed by atoms with Gasteiger partial charge in [0, 0.05) is 19.1 Å². The molecule has 1 aliphatic rings. The molecule has 2 atom stereocenters. The van der Waals surface area contributed by atoms with Crippen molar-refractivity contribution in [3.63, 3.8) is 0 Å². The van der Waals surface area contributed by atoms with Crippen LogP contribution in [0.5, 0.6) is 0 Å². The zero-order valence-corrected chi connectivity index (χ0v) is 15.0. The molecule has 0 radical (unpaired) electrons. The molecular weight excluding hydrogens is 310 g/mol. The molecule has 2 N–H and O–H groups in total. The molecule has 1 aromatic heterocycles. The molecule has 1 aromatic rings. The zero-order chi connectivity index (χ0) is 16.8. The van der Waals surface area contributed by atoms with Gasteiger partial charge in [0.05, 0.1) is 4.88 Å². The molecule has 5 nitrogen and oxygen atoms in total. The van der Waals surface area contributed by atoms with Crippen LogP contribution >= 0.6 is 11.3 Å². The van der Waals surface area contributed by atoms with Gasteiger partial charge in [-0.3, -0.25) is 9.59 Å². The Bertz CT molecular complexity index is 516. The van der Waals surface area contributed by atoms with Gasteiger partial charge in [-0.25, -0.2) is 0 Å². The molecule has 1 aliphatic heterocycles. The Labute approximate surface area is 142 Å². The van der Waals surface area contributed by atoms with Crippen LogP contribution in [0.2, 0.25) is 0 Å². The monoisotopic (exact) mass is 337 g/mol. The fourth-order valence-corrected chi connectivity index (χ4v) is 3.50. The van der Waals surface area contributed by atoms with E-state index in [9.17, 15) is 9.59 Å². The van der Waals surface area contributed by atoms with Gasteiger partial charge >= 0.3 is 0 Å². The number of hydrogen-bond acceptors (Lipinski definition) is 4. The number of carbonyl (C=O) groups is 2. The first-order valence-electron chi connectivity index (χ1n) is 8.33. The number of carbonyl (C=O) groups excluding carboxylic acids is 2. The van der Waals surface area contributed by atoms with E-state index < -0.39 is 6.04 Å². The molecule has 0 aliphatic carbocycles. The lowest BCUT2D eigenvalue weighted by atomic mass is 9.97. The molecule has 2 heterocycles. The van der Waals surface area contributed by atoms with Crippen molar-refractivity contribution in [1.29, 1.82) is 0 Å². The summed E-state index contributed by atoms with van der Waals surface area (Å²) < 4.78 is 0. The molecule has 128 valence electrons. The highest BCUT2D eigenvalue weighted by Crippen LogP contribution is 2.17. The Kier molecular flexibility index (Phi) is 6.59. The van der Waals surface area contributed by atoms with Crippen molar-refractivity contribution in [1.82, 2.24) is 15.5 Å². The minimum Gasteiger partial charge on any atom is -0.354 e. The van der Waals surface area contributed by atoms with E-state index >= 15 is 0 Å². The van der Waals surface area contributed by atoms with Crippen molar-refractivity contribution in [2.75, 3.05) is 19.6 Å². The van der Waals surface area contributed by atoms with Gasteiger partial charge in [-0.05, 0) is 57.5 Å². The maximum atomic E-state index is 12.2. The van der Waals surface area contributed by atoms with Gasteiger partial charge in [-0.15, -0.1) is 11.3 Å². The second-order valence-corrected chi connectivity index (χ2v) is 7.46. The fraction of sp³-hybridized carbons (Fsp3) is 0.647. The average molecular weight is 337 g/mol. The van der Waals surface area contributed by atoms with E-state index in [1.54, 1.807) is 13.0 Å². The molecule has 2 rings (SSSR count). The van der Waals surface area contributed by atoms with Crippen molar-refractivity contribution >= 4 is 23.2 Å². The smallest absolute Gasteiger partial charge is 0.261 e. The molecule has 1 fully saturated rings. The Morgan fingerprint density at radius 3 is 2.83 bits per heavy atom. The Balaban J connectivity index is 1.74. The van der Waals surface area contributed by atoms with E-state index in [1.807, 2.05) is 11.4 Å². The Hall–Kier alpha value is -1.40. The first kappa shape index (κ1) is 17.9. The lowest BCUT2D eigenvalue weighted by Gasteiger charge is -2.35. The van der Waals surface area contributed by atoms with Gasteiger partial charge in [0.15, 0.2) is 0 Å². The summed E-state index contributed by atoms with van der Waals surface area (Å²) in [6.45, 7) is 9.01. The number of nitrogens with zero attached hydrogens (tertiary/aromatic N) is 1. The predicted molar refractivity (Wildman–Crippen MR) is 93.7 cm³/mol. The minimum atomic E-state index is -0.519. The SMILES string of the molecule is CC(C)N1CCC[C@H](CNC(=O)[C@H](C)NC(=O)c2cccs2)C1. The standard InChI is InChI=1S/C17H27N3O2S/c1-12(2)20-8-4-6-14(11-20)10-18-16(21)13(3)19-17(22)15-7-5-9-23-15/h5,7,9,12-14H,4,6,8,10-11H2,1-3H3,(H,18,21)(H,19,22)/t13-,14+/m0/s1. The highest BCUT2D eigenvalue weighted by Gasteiger charge is 2.23. The Morgan fingerprint density at radius 1 is 1.39 bits per heavy atom. The number of nitrogens with one attached hydrogen (secondary N) is 2. The van der Waals surface area contributed by atoms with E-state index in [0.717, 1.165) is 19.5 Å². The second kappa shape index (κ2) is 8.45. The first-order chi connectivity index (χ1) is 11.0. The molecule has 0 unspecified atom stereocenters. The highest BCUT2D eigenvalue weighted by molar-refractivity contribution is 7.12. The summed E-state index contributed by atoms with van der Waals surface area (Å²) in [4.78, 5) is 27.2. The van der Waals surface area contributed by atoms with Crippen LogP contribution in [0.25, 0.3) is 0 Å². The average Bonchev–Trinajstić information content (AvgIpc) is 3.07. The number of thiophene rings is 1. The van der Waals surface area contributed by atoms with Crippen molar-refractivity contribution in [3.05, 3.63) is 22.4 Å². The van der Waals surface area contributed by atoms with Gasteiger partial charge < -0.3 is 15.5 Å². The van der Waals surface area contributed by atoms with Crippen LogP contribution in [0.1, 0.15) is 43.3 Å². The summed E-state index contributed by atoms with van der Waals surface area (Å²) in [6.07, 6.45) is 2.34. The largest absolute Gasteiger partial charge is 0.354 e. The maximum absolute atomic E-state index is 12.2. The van der Waals surface area contributed by atoms with E-state index in [4.69, 9.17) is 0 Å². The summed E-state index contributed by atoms with van der Waals surface area (Å²) in [5, 5.41) is 7.58. The molecule has 23 heavy (non-hydrogen) atoms. The van der Waals surface area contributed by atoms with Crippen LogP contribution < -0.4 is 10.6 Å². The number of amides is 2. The van der Waals surface area contributed by atoms with Crippen LogP contribution in [0, 0.1) is 5.92 Å². The molecule has 0 bridgehead atoms. The topological polar surface area (TPSA) is 61.4 Å². The van der Waals surface area contributed by atoms with Gasteiger partial charge in [-0.1, -0.05) is 6.07 Å². The molecular formula is C17H27N3O2S. The summed E-state index contributed by atoms with van der Waals surface area (Å²) in [6, 6.07) is 3.62. The molecule has 0 aromatic carbocycles. The molecule has 0 spiro atoms. The van der Waals surface area contributed by atoms with Gasteiger partial charge in [-0.2, -0.15) is 0 Å². The fourth-order valence-electron chi connectivity index (χ4n) is 2.87. The third-order valence-electron chi connectivity index (χ3n) is 4.33. The van der Waals surface area contributed by atoms with Crippen molar-refractivity contribution in [3.8, 4) is 0 Å². The lowest BCUT2D eigenvalue weighted by molar-refractivity contribution is -0.122. The number of likely N-dealkylation sites (tertiary alicyclic amines) is 1. The van der Waals surface area contributed by atoms with Crippen molar-refractivity contribution in [2.45, 2.75) is 45.7 Å². The normalized spacial score (nSPS) is 20.3. The molecule has 0 saturated carbocycles. The third-order valence-corrected chi connectivity index (χ3v) is 5.20. The van der Waals surface area contributed by atoms with Crippen LogP contribution in [0.4, 0.5) is 0 Å². The van der Waals surface area contributed by atoms with E-state index in [-0.39, 0.29) is 11.8 Å². The quantitative estimate of drug-likeness (QED) is 0.836. The summed E-state index contributed by atoms with van der Waals surface area (Å²) >= 11 is 1.37. The van der Waals surface area contributed by atoms with Crippen LogP contribution in [-0.2, 0) is 4.79 Å². The predicted octanol–water partition coefficient (Wildman–Crippen LogP) is 2.10. The summed E-state index contributed by atoms with van der Waals surface area (Å²) in [7, 11) is 0. The van der Waals surface area contributed by atoms with E-state index in [0.29, 0.717) is 23.4 Å². The van der Waals surface area contributed by atoms with Crippen molar-refractivity contribution < 1.29 is 9.59 Å². The lowest BCUT2D eigenvalue weighted by Crippen LogP contribution is -2.48. The van der Waals surface area contributed by atoms with Crippen LogP contribution in [0.15, 0.2) is 17.5 Å². The Morgan fingerprint density at radius 2 is 2.17 bits per heavy atom. The van der Waals surface area contributed by atoms with Gasteiger partial charge in [0.1, 0.15) is 6.04 Å². The van der Waals surface area contributed by atoms with Crippen LogP contribution in [-0.4, -0.2) is 48.4 Å². The highest BCUT2D eigenvalue weighted by atomic mass is 32.1. The third kappa shape index (κ3) is 5.32.